The van der Waals surface area contributed by atoms with Crippen molar-refractivity contribution in [1.29, 1.82) is 0 Å². The van der Waals surface area contributed by atoms with Crippen LogP contribution in [0, 0.1) is 5.92 Å². The maximum Gasteiger partial charge on any atom is 0.338 e. The van der Waals surface area contributed by atoms with Crippen molar-refractivity contribution in [3.8, 4) is 5.75 Å². The molecule has 0 aliphatic carbocycles. The minimum Gasteiger partial charge on any atom is -0.507 e. The Bertz CT molecular complexity index is 1330. The maximum atomic E-state index is 13.3. The zero-order valence-corrected chi connectivity index (χ0v) is 23.2. The van der Waals surface area contributed by atoms with E-state index in [1.165, 1.54) is 16.2 Å². The quantitative estimate of drug-likeness (QED) is 0.0938. The van der Waals surface area contributed by atoms with Crippen LogP contribution in [0.4, 0.5) is 5.69 Å². The first-order valence-corrected chi connectivity index (χ1v) is 14.0. The molecule has 2 aromatic carbocycles. The molecule has 1 aliphatic heterocycles. The molecule has 0 bridgehead atoms. The molecule has 0 spiro atoms. The summed E-state index contributed by atoms with van der Waals surface area (Å²) in [5.41, 5.74) is 1.21. The van der Waals surface area contributed by atoms with Gasteiger partial charge in [-0.3, -0.25) is 14.5 Å². The van der Waals surface area contributed by atoms with E-state index in [4.69, 9.17) is 9.47 Å². The SMILES string of the molecule is CCCCCOc1ccc(/C(O)=C2/C(=O)C(=O)N(c3ccc(C(=O)OCC(C)C)cc3)C2c2cccs2)cc1. The van der Waals surface area contributed by atoms with E-state index in [-0.39, 0.29) is 17.3 Å². The molecule has 1 saturated heterocycles. The molecule has 7 nitrogen and oxygen atoms in total. The Morgan fingerprint density at radius 3 is 2.31 bits per heavy atom. The molecule has 1 amide bonds. The second-order valence-corrected chi connectivity index (χ2v) is 10.8. The van der Waals surface area contributed by atoms with Crippen molar-refractivity contribution in [3.63, 3.8) is 0 Å². The number of unbranched alkanes of at least 4 members (excludes halogenated alkanes) is 2. The van der Waals surface area contributed by atoms with Crippen LogP contribution in [0.2, 0.25) is 0 Å². The summed E-state index contributed by atoms with van der Waals surface area (Å²) in [6.45, 7) is 6.95. The fourth-order valence-electron chi connectivity index (χ4n) is 4.31. The number of esters is 1. The molecule has 4 rings (SSSR count). The van der Waals surface area contributed by atoms with Crippen LogP contribution in [0.5, 0.6) is 5.75 Å². The zero-order valence-electron chi connectivity index (χ0n) is 22.4. The van der Waals surface area contributed by atoms with Crippen molar-refractivity contribution in [2.75, 3.05) is 18.1 Å². The topological polar surface area (TPSA) is 93.1 Å². The Kier molecular flexibility index (Phi) is 9.19. The average Bonchev–Trinajstić information content (AvgIpc) is 3.56. The Hall–Kier alpha value is -3.91. The number of rotatable bonds is 11. The molecule has 1 aromatic heterocycles. The summed E-state index contributed by atoms with van der Waals surface area (Å²) in [6, 6.07) is 16.1. The molecule has 0 radical (unpaired) electrons. The fourth-order valence-corrected chi connectivity index (χ4v) is 5.13. The summed E-state index contributed by atoms with van der Waals surface area (Å²) < 4.78 is 11.0. The summed E-state index contributed by atoms with van der Waals surface area (Å²) in [7, 11) is 0. The van der Waals surface area contributed by atoms with Gasteiger partial charge in [0.15, 0.2) is 0 Å². The number of hydrogen-bond acceptors (Lipinski definition) is 7. The van der Waals surface area contributed by atoms with Crippen LogP contribution < -0.4 is 9.64 Å². The molecule has 1 N–H and O–H groups in total. The molecule has 1 atom stereocenters. The second-order valence-electron chi connectivity index (χ2n) is 9.80. The monoisotopic (exact) mass is 547 g/mol. The van der Waals surface area contributed by atoms with Gasteiger partial charge < -0.3 is 14.6 Å². The number of Topliss-reactive ketones (excluding diaryl/α,β-unsaturated/α-hetero) is 1. The van der Waals surface area contributed by atoms with Crippen LogP contribution in [0.1, 0.15) is 66.9 Å². The predicted molar refractivity (Wildman–Crippen MR) is 152 cm³/mol. The van der Waals surface area contributed by atoms with Gasteiger partial charge in [0, 0.05) is 16.1 Å². The lowest BCUT2D eigenvalue weighted by Crippen LogP contribution is -2.29. The summed E-state index contributed by atoms with van der Waals surface area (Å²) in [4.78, 5) is 41.1. The maximum absolute atomic E-state index is 13.3. The Morgan fingerprint density at radius 2 is 1.69 bits per heavy atom. The van der Waals surface area contributed by atoms with E-state index in [0.29, 0.717) is 35.8 Å². The van der Waals surface area contributed by atoms with Crippen molar-refractivity contribution < 1.29 is 29.0 Å². The number of aliphatic hydroxyl groups excluding tert-OH is 1. The number of nitrogens with zero attached hydrogens (tertiary/aromatic N) is 1. The smallest absolute Gasteiger partial charge is 0.338 e. The molecular weight excluding hydrogens is 514 g/mol. The number of ether oxygens (including phenoxy) is 2. The normalized spacial score (nSPS) is 16.6. The number of aliphatic hydroxyl groups is 1. The first kappa shape index (κ1) is 28.1. The van der Waals surface area contributed by atoms with E-state index in [1.54, 1.807) is 48.5 Å². The lowest BCUT2D eigenvalue weighted by Gasteiger charge is -2.24. The highest BCUT2D eigenvalue weighted by molar-refractivity contribution is 7.10. The van der Waals surface area contributed by atoms with Gasteiger partial charge in [0.1, 0.15) is 17.6 Å². The zero-order chi connectivity index (χ0) is 27.9. The number of ketones is 1. The van der Waals surface area contributed by atoms with Gasteiger partial charge in [0.05, 0.1) is 24.4 Å². The lowest BCUT2D eigenvalue weighted by molar-refractivity contribution is -0.132. The highest BCUT2D eigenvalue weighted by atomic mass is 32.1. The van der Waals surface area contributed by atoms with Crippen molar-refractivity contribution in [3.05, 3.63) is 87.6 Å². The van der Waals surface area contributed by atoms with Gasteiger partial charge in [-0.1, -0.05) is 39.7 Å². The minimum atomic E-state index is -0.811. The number of hydrogen-bond donors (Lipinski definition) is 1. The van der Waals surface area contributed by atoms with E-state index in [2.05, 4.69) is 6.92 Å². The third kappa shape index (κ3) is 6.40. The molecule has 39 heavy (non-hydrogen) atoms. The standard InChI is InChI=1S/C31H33NO6S/c1-4-5-6-17-37-24-15-11-21(12-16-24)28(33)26-27(25-8-7-18-39-25)32(30(35)29(26)34)23-13-9-22(10-14-23)31(36)38-19-20(2)3/h7-16,18,20,27,33H,4-6,17,19H2,1-3H3/b28-26-. The van der Waals surface area contributed by atoms with Gasteiger partial charge in [-0.05, 0) is 72.3 Å². The molecule has 0 saturated carbocycles. The predicted octanol–water partition coefficient (Wildman–Crippen LogP) is 6.76. The number of carbonyl (C=O) groups is 3. The van der Waals surface area contributed by atoms with Gasteiger partial charge in [-0.25, -0.2) is 4.79 Å². The minimum absolute atomic E-state index is 0.0134. The number of thiophene rings is 1. The first-order valence-electron chi connectivity index (χ1n) is 13.2. The molecule has 2 heterocycles. The van der Waals surface area contributed by atoms with Crippen LogP contribution in [0.15, 0.2) is 71.6 Å². The first-order chi connectivity index (χ1) is 18.8. The number of benzene rings is 2. The van der Waals surface area contributed by atoms with Crippen LogP contribution in [-0.4, -0.2) is 36.0 Å². The molecule has 1 unspecified atom stereocenters. The highest BCUT2D eigenvalue weighted by Crippen LogP contribution is 2.43. The molecule has 1 fully saturated rings. The number of amides is 1. The largest absolute Gasteiger partial charge is 0.507 e. The fraction of sp³-hybridized carbons (Fsp3) is 0.323. The number of anilines is 1. The average molecular weight is 548 g/mol. The molecule has 204 valence electrons. The molecular formula is C31H33NO6S. The van der Waals surface area contributed by atoms with E-state index >= 15 is 0 Å². The third-order valence-electron chi connectivity index (χ3n) is 6.33. The molecule has 3 aromatic rings. The van der Waals surface area contributed by atoms with Gasteiger partial charge in [-0.15, -0.1) is 11.3 Å². The van der Waals surface area contributed by atoms with Crippen molar-refractivity contribution in [1.82, 2.24) is 0 Å². The van der Waals surface area contributed by atoms with Crippen LogP contribution in [0.3, 0.4) is 0 Å². The van der Waals surface area contributed by atoms with E-state index in [1.807, 2.05) is 31.4 Å². The van der Waals surface area contributed by atoms with E-state index < -0.39 is 23.7 Å². The summed E-state index contributed by atoms with van der Waals surface area (Å²) in [5.74, 6) is -1.34. The van der Waals surface area contributed by atoms with E-state index in [9.17, 15) is 19.5 Å². The molecule has 1 aliphatic rings. The highest BCUT2D eigenvalue weighted by Gasteiger charge is 2.47. The van der Waals surface area contributed by atoms with Crippen LogP contribution in [0.25, 0.3) is 5.76 Å². The Morgan fingerprint density at radius 1 is 1.00 bits per heavy atom. The summed E-state index contributed by atoms with van der Waals surface area (Å²) >= 11 is 1.39. The van der Waals surface area contributed by atoms with Gasteiger partial charge >= 0.3 is 5.97 Å². The van der Waals surface area contributed by atoms with E-state index in [0.717, 1.165) is 24.1 Å². The third-order valence-corrected chi connectivity index (χ3v) is 7.26. The van der Waals surface area contributed by atoms with Crippen molar-refractivity contribution >= 4 is 40.4 Å². The second kappa shape index (κ2) is 12.8. The van der Waals surface area contributed by atoms with Crippen molar-refractivity contribution in [2.24, 2.45) is 5.92 Å². The number of carbonyl (C=O) groups excluding carboxylic acids is 3. The lowest BCUT2D eigenvalue weighted by atomic mass is 9.99. The summed E-state index contributed by atoms with van der Waals surface area (Å²) in [6.07, 6.45) is 3.16. The van der Waals surface area contributed by atoms with Gasteiger partial charge in [-0.2, -0.15) is 0 Å². The molecule has 8 heteroatoms. The Labute approximate surface area is 232 Å². The van der Waals surface area contributed by atoms with Crippen molar-refractivity contribution in [2.45, 2.75) is 46.1 Å². The van der Waals surface area contributed by atoms with Crippen LogP contribution in [-0.2, 0) is 14.3 Å². The van der Waals surface area contributed by atoms with Crippen LogP contribution >= 0.6 is 11.3 Å². The van der Waals surface area contributed by atoms with Gasteiger partial charge in [0.2, 0.25) is 0 Å². The summed E-state index contributed by atoms with van der Waals surface area (Å²) in [5, 5.41) is 13.1. The van der Waals surface area contributed by atoms with Gasteiger partial charge in [0.25, 0.3) is 11.7 Å². The Balaban J connectivity index is 1.64.